The Kier molecular flexibility index (Phi) is 6.61. The molecule has 2 amide bonds. The number of aromatic nitrogens is 1. The molecular weight excluding hydrogens is 418 g/mol. The van der Waals surface area contributed by atoms with E-state index in [9.17, 15) is 9.59 Å². The number of benzene rings is 3. The Morgan fingerprint density at radius 1 is 0.938 bits per heavy atom. The van der Waals surface area contributed by atoms with E-state index < -0.39 is 0 Å². The van der Waals surface area contributed by atoms with Crippen molar-refractivity contribution in [2.24, 2.45) is 0 Å². The molecule has 5 nitrogen and oxygen atoms in total. The second-order valence-electron chi connectivity index (χ2n) is 7.57. The Labute approximate surface area is 192 Å². The van der Waals surface area contributed by atoms with E-state index in [1.54, 1.807) is 18.8 Å². The van der Waals surface area contributed by atoms with Crippen LogP contribution in [-0.2, 0) is 11.3 Å². The number of carbonyl (C=O) groups is 2. The first-order valence-electron chi connectivity index (χ1n) is 10.4. The molecule has 4 rings (SSSR count). The van der Waals surface area contributed by atoms with E-state index in [4.69, 9.17) is 0 Å². The number of nitrogens with zero attached hydrogens (tertiary/aromatic N) is 2. The average Bonchev–Trinajstić information content (AvgIpc) is 3.17. The van der Waals surface area contributed by atoms with Gasteiger partial charge in [0.15, 0.2) is 0 Å². The highest BCUT2D eigenvalue weighted by atomic mass is 32.2. The van der Waals surface area contributed by atoms with Gasteiger partial charge in [-0.25, -0.2) is 0 Å². The molecule has 1 N–H and O–H groups in total. The number of fused-ring (bicyclic) bond motifs is 1. The fraction of sp³-hybridized carbons (Fsp3) is 0.154. The lowest BCUT2D eigenvalue weighted by molar-refractivity contribution is -0.116. The predicted molar refractivity (Wildman–Crippen MR) is 131 cm³/mol. The molecule has 1 aromatic heterocycles. The van der Waals surface area contributed by atoms with Crippen LogP contribution >= 0.6 is 11.8 Å². The van der Waals surface area contributed by atoms with Gasteiger partial charge in [-0.15, -0.1) is 11.8 Å². The summed E-state index contributed by atoms with van der Waals surface area (Å²) in [5, 5.41) is 3.92. The molecule has 0 aliphatic carbocycles. The molecule has 3 aromatic carbocycles. The van der Waals surface area contributed by atoms with Gasteiger partial charge in [0.2, 0.25) is 5.91 Å². The first-order chi connectivity index (χ1) is 15.6. The maximum Gasteiger partial charge on any atom is 0.270 e. The highest BCUT2D eigenvalue weighted by Crippen LogP contribution is 2.25. The lowest BCUT2D eigenvalue weighted by atomic mass is 10.2. The van der Waals surface area contributed by atoms with Gasteiger partial charge in [-0.2, -0.15) is 0 Å². The number of hydrogen-bond acceptors (Lipinski definition) is 3. The van der Waals surface area contributed by atoms with Gasteiger partial charge in [0, 0.05) is 29.4 Å². The van der Waals surface area contributed by atoms with E-state index in [2.05, 4.69) is 5.32 Å². The Morgan fingerprint density at radius 3 is 2.41 bits per heavy atom. The van der Waals surface area contributed by atoms with E-state index in [0.29, 0.717) is 12.2 Å². The van der Waals surface area contributed by atoms with Crippen LogP contribution in [0.2, 0.25) is 0 Å². The van der Waals surface area contributed by atoms with Crippen molar-refractivity contribution in [2.45, 2.75) is 11.4 Å². The molecule has 0 fully saturated rings. The molecular formula is C26H25N3O2S. The predicted octanol–water partition coefficient (Wildman–Crippen LogP) is 5.12. The van der Waals surface area contributed by atoms with Crippen molar-refractivity contribution in [1.29, 1.82) is 0 Å². The highest BCUT2D eigenvalue weighted by molar-refractivity contribution is 7.98. The van der Waals surface area contributed by atoms with Gasteiger partial charge >= 0.3 is 0 Å². The summed E-state index contributed by atoms with van der Waals surface area (Å²) in [6.45, 7) is 0.547. The molecule has 162 valence electrons. The zero-order valence-corrected chi connectivity index (χ0v) is 18.9. The van der Waals surface area contributed by atoms with Gasteiger partial charge in [-0.3, -0.25) is 9.59 Å². The number of likely N-dealkylation sites (N-methyl/N-ethyl adjacent to an activating group) is 1. The third-order valence-corrected chi connectivity index (χ3v) is 6.12. The third kappa shape index (κ3) is 4.70. The van der Waals surface area contributed by atoms with Crippen molar-refractivity contribution in [3.05, 3.63) is 96.2 Å². The van der Waals surface area contributed by atoms with E-state index in [1.165, 1.54) is 4.90 Å². The van der Waals surface area contributed by atoms with Crippen LogP contribution in [0.25, 0.3) is 10.9 Å². The number of thioether (sulfide) groups is 1. The number of rotatable bonds is 7. The van der Waals surface area contributed by atoms with Crippen LogP contribution < -0.4 is 5.32 Å². The monoisotopic (exact) mass is 443 g/mol. The second kappa shape index (κ2) is 9.75. The van der Waals surface area contributed by atoms with E-state index in [-0.39, 0.29) is 18.4 Å². The van der Waals surface area contributed by atoms with Crippen molar-refractivity contribution in [1.82, 2.24) is 9.47 Å². The summed E-state index contributed by atoms with van der Waals surface area (Å²) >= 11 is 1.57. The van der Waals surface area contributed by atoms with Crippen LogP contribution in [0.15, 0.2) is 89.8 Å². The van der Waals surface area contributed by atoms with Crippen LogP contribution in [0.1, 0.15) is 16.1 Å². The van der Waals surface area contributed by atoms with Gasteiger partial charge in [-0.1, -0.05) is 60.7 Å². The van der Waals surface area contributed by atoms with Crippen LogP contribution in [0.4, 0.5) is 5.69 Å². The van der Waals surface area contributed by atoms with Crippen LogP contribution in [0.5, 0.6) is 0 Å². The average molecular weight is 444 g/mol. The third-order valence-electron chi connectivity index (χ3n) is 5.32. The minimum atomic E-state index is -0.229. The number of para-hydroxylation sites is 2. The Morgan fingerprint density at radius 2 is 1.62 bits per heavy atom. The van der Waals surface area contributed by atoms with Gasteiger partial charge in [0.25, 0.3) is 5.91 Å². The van der Waals surface area contributed by atoms with E-state index >= 15 is 0 Å². The Balaban J connectivity index is 1.56. The van der Waals surface area contributed by atoms with Crippen molar-refractivity contribution < 1.29 is 9.59 Å². The standard InChI is InChI=1S/C26H25N3O2S/c1-28(18-25(30)27-21-13-7-9-15-24(21)32-2)26(31)23-16-20-12-6-8-14-22(20)29(23)17-19-10-4-3-5-11-19/h3-16H,17-18H2,1-2H3,(H,27,30). The number of amides is 2. The lowest BCUT2D eigenvalue weighted by Gasteiger charge is -2.19. The lowest BCUT2D eigenvalue weighted by Crippen LogP contribution is -2.36. The molecule has 4 aromatic rings. The van der Waals surface area contributed by atoms with Gasteiger partial charge in [0.05, 0.1) is 12.2 Å². The molecule has 6 heteroatoms. The number of nitrogens with one attached hydrogen (secondary N) is 1. The minimum Gasteiger partial charge on any atom is -0.332 e. The number of carbonyl (C=O) groups excluding carboxylic acids is 2. The summed E-state index contributed by atoms with van der Waals surface area (Å²) in [6, 6.07) is 27.5. The van der Waals surface area contributed by atoms with Crippen molar-refractivity contribution >= 4 is 40.2 Å². The second-order valence-corrected chi connectivity index (χ2v) is 8.42. The molecule has 0 saturated heterocycles. The summed E-state index contributed by atoms with van der Waals surface area (Å²) in [4.78, 5) is 28.5. The molecule has 0 bridgehead atoms. The largest absolute Gasteiger partial charge is 0.332 e. The molecule has 32 heavy (non-hydrogen) atoms. The summed E-state index contributed by atoms with van der Waals surface area (Å²) in [6.07, 6.45) is 1.96. The Hall–Kier alpha value is -3.51. The first-order valence-corrected chi connectivity index (χ1v) is 11.6. The smallest absolute Gasteiger partial charge is 0.270 e. The Bertz CT molecular complexity index is 1250. The maximum absolute atomic E-state index is 13.4. The molecule has 0 unspecified atom stereocenters. The van der Waals surface area contributed by atoms with Crippen LogP contribution in [0.3, 0.4) is 0 Å². The zero-order chi connectivity index (χ0) is 22.5. The number of anilines is 1. The molecule has 0 aliphatic heterocycles. The van der Waals surface area contributed by atoms with Crippen molar-refractivity contribution in [3.63, 3.8) is 0 Å². The minimum absolute atomic E-state index is 0.0333. The molecule has 1 heterocycles. The quantitative estimate of drug-likeness (QED) is 0.403. The van der Waals surface area contributed by atoms with Gasteiger partial charge in [0.1, 0.15) is 5.69 Å². The fourth-order valence-corrected chi connectivity index (χ4v) is 4.30. The topological polar surface area (TPSA) is 54.3 Å². The van der Waals surface area contributed by atoms with Gasteiger partial charge in [-0.05, 0) is 36.1 Å². The van der Waals surface area contributed by atoms with E-state index in [1.807, 2.05) is 95.8 Å². The van der Waals surface area contributed by atoms with E-state index in [0.717, 1.165) is 27.0 Å². The molecule has 0 atom stereocenters. The van der Waals surface area contributed by atoms with Gasteiger partial charge < -0.3 is 14.8 Å². The normalized spacial score (nSPS) is 10.8. The first kappa shape index (κ1) is 21.7. The molecule has 0 radical (unpaired) electrons. The van der Waals surface area contributed by atoms with Crippen LogP contribution in [-0.4, -0.2) is 41.1 Å². The summed E-state index contributed by atoms with van der Waals surface area (Å²) in [5.74, 6) is -0.418. The van der Waals surface area contributed by atoms with Crippen molar-refractivity contribution in [3.8, 4) is 0 Å². The SMILES string of the molecule is CSc1ccccc1NC(=O)CN(C)C(=O)c1cc2ccccc2n1Cc1ccccc1. The highest BCUT2D eigenvalue weighted by Gasteiger charge is 2.21. The summed E-state index contributed by atoms with van der Waals surface area (Å²) < 4.78 is 2.02. The molecule has 0 spiro atoms. The number of hydrogen-bond donors (Lipinski definition) is 1. The van der Waals surface area contributed by atoms with Crippen molar-refractivity contribution in [2.75, 3.05) is 25.2 Å². The zero-order valence-electron chi connectivity index (χ0n) is 18.1. The summed E-state index contributed by atoms with van der Waals surface area (Å²) in [7, 11) is 1.66. The fourth-order valence-electron chi connectivity index (χ4n) is 3.74. The molecule has 0 saturated carbocycles. The summed E-state index contributed by atoms with van der Waals surface area (Å²) in [5.41, 5.74) is 3.42. The maximum atomic E-state index is 13.4. The molecule has 0 aliphatic rings. The van der Waals surface area contributed by atoms with Crippen LogP contribution in [0, 0.1) is 0 Å².